The molecule has 156 valence electrons. The van der Waals surface area contributed by atoms with Crippen LogP contribution in [0.2, 0.25) is 0 Å². The van der Waals surface area contributed by atoms with Gasteiger partial charge in [0, 0.05) is 18.9 Å². The summed E-state index contributed by atoms with van der Waals surface area (Å²) in [7, 11) is -3.91. The highest BCUT2D eigenvalue weighted by molar-refractivity contribution is 7.92. The molecule has 1 heterocycles. The number of hydrogen-bond acceptors (Lipinski definition) is 4. The van der Waals surface area contributed by atoms with Gasteiger partial charge in [0.05, 0.1) is 10.6 Å². The Morgan fingerprint density at radius 2 is 1.70 bits per heavy atom. The Kier molecular flexibility index (Phi) is 6.84. The summed E-state index contributed by atoms with van der Waals surface area (Å²) in [5.74, 6) is -0.0766. The van der Waals surface area contributed by atoms with Gasteiger partial charge in [-0.25, -0.2) is 8.42 Å². The highest BCUT2D eigenvalue weighted by Gasteiger charge is 2.27. The van der Waals surface area contributed by atoms with Gasteiger partial charge in [0.1, 0.15) is 6.54 Å². The van der Waals surface area contributed by atoms with Crippen molar-refractivity contribution in [1.82, 2.24) is 10.3 Å². The Hall–Kier alpha value is -3.19. The third-order valence-electron chi connectivity index (χ3n) is 4.68. The van der Waals surface area contributed by atoms with Crippen LogP contribution in [0.15, 0.2) is 84.0 Å². The van der Waals surface area contributed by atoms with E-state index in [0.29, 0.717) is 11.6 Å². The van der Waals surface area contributed by atoms with Crippen LogP contribution in [0.4, 0.5) is 5.69 Å². The summed E-state index contributed by atoms with van der Waals surface area (Å²) in [4.78, 5) is 16.8. The minimum absolute atomic E-state index is 0.137. The first kappa shape index (κ1) is 21.5. The molecule has 6 nitrogen and oxygen atoms in total. The largest absolute Gasteiger partial charge is 0.350 e. The van der Waals surface area contributed by atoms with Gasteiger partial charge in [-0.1, -0.05) is 50.2 Å². The maximum absolute atomic E-state index is 13.3. The van der Waals surface area contributed by atoms with Gasteiger partial charge in [-0.2, -0.15) is 0 Å². The van der Waals surface area contributed by atoms with Crippen LogP contribution in [0.5, 0.6) is 0 Å². The molecule has 7 heteroatoms. The molecule has 0 spiro atoms. The Bertz CT molecular complexity index is 1070. The number of anilines is 1. The van der Waals surface area contributed by atoms with Gasteiger partial charge < -0.3 is 5.32 Å². The molecule has 1 aromatic heterocycles. The minimum atomic E-state index is -3.91. The van der Waals surface area contributed by atoms with E-state index in [4.69, 9.17) is 0 Å². The van der Waals surface area contributed by atoms with Gasteiger partial charge in [-0.05, 0) is 47.4 Å². The van der Waals surface area contributed by atoms with Gasteiger partial charge >= 0.3 is 0 Å². The Balaban J connectivity index is 1.86. The zero-order valence-electron chi connectivity index (χ0n) is 17.0. The van der Waals surface area contributed by atoms with Crippen molar-refractivity contribution in [2.75, 3.05) is 10.8 Å². The second-order valence-electron chi connectivity index (χ2n) is 7.21. The molecule has 0 atom stereocenters. The number of sulfonamides is 1. The van der Waals surface area contributed by atoms with Crippen molar-refractivity contribution in [2.24, 2.45) is 0 Å². The second-order valence-corrected chi connectivity index (χ2v) is 9.07. The third-order valence-corrected chi connectivity index (χ3v) is 6.47. The highest BCUT2D eigenvalue weighted by Crippen LogP contribution is 2.25. The molecule has 0 fully saturated rings. The molecule has 0 aliphatic carbocycles. The lowest BCUT2D eigenvalue weighted by molar-refractivity contribution is -0.119. The predicted octanol–water partition coefficient (Wildman–Crippen LogP) is 3.72. The Labute approximate surface area is 177 Å². The van der Waals surface area contributed by atoms with E-state index in [9.17, 15) is 13.2 Å². The number of pyridine rings is 1. The molecule has 1 amide bonds. The van der Waals surface area contributed by atoms with Crippen molar-refractivity contribution in [3.05, 3.63) is 90.3 Å². The smallest absolute Gasteiger partial charge is 0.264 e. The SMILES string of the molecule is CC(C)c1ccc(N(CC(=O)NCc2cccnc2)S(=O)(=O)c2ccccc2)cc1. The summed E-state index contributed by atoms with van der Waals surface area (Å²) in [6, 6.07) is 19.0. The van der Waals surface area contributed by atoms with E-state index in [1.807, 2.05) is 18.2 Å². The van der Waals surface area contributed by atoms with Crippen LogP contribution in [0.25, 0.3) is 0 Å². The summed E-state index contributed by atoms with van der Waals surface area (Å²) in [5, 5.41) is 2.77. The molecule has 0 unspecified atom stereocenters. The van der Waals surface area contributed by atoms with Crippen LogP contribution in [0.3, 0.4) is 0 Å². The number of aromatic nitrogens is 1. The van der Waals surface area contributed by atoms with E-state index in [1.54, 1.807) is 48.8 Å². The molecule has 0 radical (unpaired) electrons. The molecule has 3 rings (SSSR count). The van der Waals surface area contributed by atoms with E-state index in [-0.39, 0.29) is 18.0 Å². The van der Waals surface area contributed by atoms with Crippen molar-refractivity contribution < 1.29 is 13.2 Å². The molecule has 3 aromatic rings. The van der Waals surface area contributed by atoms with Crippen LogP contribution in [-0.2, 0) is 21.4 Å². The van der Waals surface area contributed by atoms with Crippen molar-refractivity contribution >= 4 is 21.6 Å². The molecular formula is C23H25N3O3S. The van der Waals surface area contributed by atoms with Gasteiger partial charge in [-0.3, -0.25) is 14.1 Å². The molecule has 0 saturated heterocycles. The zero-order valence-corrected chi connectivity index (χ0v) is 17.8. The van der Waals surface area contributed by atoms with Crippen LogP contribution in [0.1, 0.15) is 30.9 Å². The lowest BCUT2D eigenvalue weighted by Crippen LogP contribution is -2.40. The fraction of sp³-hybridized carbons (Fsp3) is 0.217. The summed E-state index contributed by atoms with van der Waals surface area (Å²) < 4.78 is 27.7. The Morgan fingerprint density at radius 1 is 1.00 bits per heavy atom. The Morgan fingerprint density at radius 3 is 2.30 bits per heavy atom. The summed E-state index contributed by atoms with van der Waals surface area (Å²) in [6.07, 6.45) is 3.31. The number of carbonyl (C=O) groups is 1. The molecule has 1 N–H and O–H groups in total. The first-order chi connectivity index (χ1) is 14.4. The molecule has 0 aliphatic rings. The lowest BCUT2D eigenvalue weighted by atomic mass is 10.0. The van der Waals surface area contributed by atoms with Crippen LogP contribution >= 0.6 is 0 Å². The number of benzene rings is 2. The monoisotopic (exact) mass is 423 g/mol. The third kappa shape index (κ3) is 5.24. The quantitative estimate of drug-likeness (QED) is 0.599. The van der Waals surface area contributed by atoms with Crippen LogP contribution in [-0.4, -0.2) is 25.9 Å². The standard InChI is InChI=1S/C23H25N3O3S/c1-18(2)20-10-12-21(13-11-20)26(30(28,29)22-8-4-3-5-9-22)17-23(27)25-16-19-7-6-14-24-15-19/h3-15,18H,16-17H2,1-2H3,(H,25,27). The van der Waals surface area contributed by atoms with E-state index < -0.39 is 15.9 Å². The number of nitrogens with one attached hydrogen (secondary N) is 1. The maximum Gasteiger partial charge on any atom is 0.264 e. The minimum Gasteiger partial charge on any atom is -0.350 e. The summed E-state index contributed by atoms with van der Waals surface area (Å²) in [6.45, 7) is 4.09. The van der Waals surface area contributed by atoms with Crippen molar-refractivity contribution in [2.45, 2.75) is 31.2 Å². The summed E-state index contributed by atoms with van der Waals surface area (Å²) in [5.41, 5.74) is 2.38. The number of amides is 1. The van der Waals surface area contributed by atoms with Gasteiger partial charge in [0.2, 0.25) is 5.91 Å². The zero-order chi connectivity index (χ0) is 21.6. The highest BCUT2D eigenvalue weighted by atomic mass is 32.2. The number of nitrogens with zero attached hydrogens (tertiary/aromatic N) is 2. The average molecular weight is 424 g/mol. The first-order valence-electron chi connectivity index (χ1n) is 9.71. The molecular weight excluding hydrogens is 398 g/mol. The number of hydrogen-bond donors (Lipinski definition) is 1. The van der Waals surface area contributed by atoms with Crippen LogP contribution in [0, 0.1) is 0 Å². The molecule has 0 bridgehead atoms. The first-order valence-corrected chi connectivity index (χ1v) is 11.2. The lowest BCUT2D eigenvalue weighted by Gasteiger charge is -2.24. The molecule has 0 aliphatic heterocycles. The molecule has 0 saturated carbocycles. The van der Waals surface area contributed by atoms with E-state index in [2.05, 4.69) is 24.1 Å². The average Bonchev–Trinajstić information content (AvgIpc) is 2.77. The topological polar surface area (TPSA) is 79.4 Å². The fourth-order valence-corrected chi connectivity index (χ4v) is 4.39. The van der Waals surface area contributed by atoms with E-state index in [1.165, 1.54) is 12.1 Å². The predicted molar refractivity (Wildman–Crippen MR) is 118 cm³/mol. The van der Waals surface area contributed by atoms with Crippen molar-refractivity contribution in [3.63, 3.8) is 0 Å². The molecule has 2 aromatic carbocycles. The fourth-order valence-electron chi connectivity index (χ4n) is 2.95. The van der Waals surface area contributed by atoms with E-state index >= 15 is 0 Å². The second kappa shape index (κ2) is 9.54. The summed E-state index contributed by atoms with van der Waals surface area (Å²) >= 11 is 0. The van der Waals surface area contributed by atoms with E-state index in [0.717, 1.165) is 15.4 Å². The number of carbonyl (C=O) groups excluding carboxylic acids is 1. The number of rotatable bonds is 8. The maximum atomic E-state index is 13.3. The van der Waals surface area contributed by atoms with Crippen molar-refractivity contribution in [1.29, 1.82) is 0 Å². The normalized spacial score (nSPS) is 11.3. The van der Waals surface area contributed by atoms with Gasteiger partial charge in [-0.15, -0.1) is 0 Å². The van der Waals surface area contributed by atoms with Gasteiger partial charge in [0.15, 0.2) is 0 Å². The van der Waals surface area contributed by atoms with Gasteiger partial charge in [0.25, 0.3) is 10.0 Å². The van der Waals surface area contributed by atoms with Crippen LogP contribution < -0.4 is 9.62 Å². The molecule has 30 heavy (non-hydrogen) atoms. The van der Waals surface area contributed by atoms with Crippen molar-refractivity contribution in [3.8, 4) is 0 Å².